The molecule has 0 heterocycles. The Morgan fingerprint density at radius 3 is 2.18 bits per heavy atom. The first-order valence-electron chi connectivity index (χ1n) is 8.21. The fourth-order valence-corrected chi connectivity index (χ4v) is 3.20. The van der Waals surface area contributed by atoms with Gasteiger partial charge < -0.3 is 4.74 Å². The van der Waals surface area contributed by atoms with Gasteiger partial charge in [0.2, 0.25) is 0 Å². The van der Waals surface area contributed by atoms with Crippen LogP contribution in [0.4, 0.5) is 8.78 Å². The second-order valence-corrected chi connectivity index (χ2v) is 6.66. The zero-order valence-corrected chi connectivity index (χ0v) is 15.9. The van der Waals surface area contributed by atoms with Gasteiger partial charge in [-0.15, -0.1) is 0 Å². The monoisotopic (exact) mass is 415 g/mol. The molecule has 0 N–H and O–H groups in total. The van der Waals surface area contributed by atoms with Crippen LogP contribution in [0.2, 0.25) is 10.0 Å². The normalized spacial score (nSPS) is 11.2. The first kappa shape index (κ1) is 19.9. The topological polar surface area (TPSA) is 33.0 Å². The maximum atomic E-state index is 14.0. The minimum Gasteiger partial charge on any atom is -0.486 e. The van der Waals surface area contributed by atoms with Crippen LogP contribution < -0.4 is 4.74 Å². The molecule has 3 aromatic rings. The van der Waals surface area contributed by atoms with Gasteiger partial charge in [0.15, 0.2) is 5.75 Å². The van der Waals surface area contributed by atoms with E-state index in [2.05, 4.69) is 0 Å². The van der Waals surface area contributed by atoms with E-state index in [9.17, 15) is 14.0 Å². The first-order valence-corrected chi connectivity index (χ1v) is 8.97. The van der Waals surface area contributed by atoms with Gasteiger partial charge in [0.05, 0.1) is 21.7 Å². The van der Waals surface area contributed by atoms with Crippen molar-refractivity contribution in [2.75, 3.05) is 0 Å². The van der Waals surface area contributed by atoms with Crippen LogP contribution in [-0.4, -0.2) is 0 Å². The SMILES string of the molecule is N#CC(=Cc1cc(Cl)c(OCc2ccccc2F)c(Cl)c1)c1ccccc1F. The standard InChI is InChI=1S/C22H13Cl2F2NO/c23-18-10-14(9-16(12-27)17-6-2-4-8-21(17)26)11-19(24)22(18)28-13-15-5-1-3-7-20(15)25/h1-11H,13H2. The molecule has 0 spiro atoms. The number of allylic oxidation sites excluding steroid dienone is 1. The van der Waals surface area contributed by atoms with Crippen LogP contribution in [0, 0.1) is 23.0 Å². The maximum Gasteiger partial charge on any atom is 0.157 e. The summed E-state index contributed by atoms with van der Waals surface area (Å²) in [6.45, 7) is -0.0417. The molecule has 0 radical (unpaired) electrons. The molecule has 0 aliphatic rings. The van der Waals surface area contributed by atoms with Crippen LogP contribution in [0.3, 0.4) is 0 Å². The Morgan fingerprint density at radius 1 is 0.964 bits per heavy atom. The number of ether oxygens (including phenoxy) is 1. The number of nitriles is 1. The van der Waals surface area contributed by atoms with E-state index in [1.54, 1.807) is 42.5 Å². The van der Waals surface area contributed by atoms with Gasteiger partial charge in [0.25, 0.3) is 0 Å². The Balaban J connectivity index is 1.88. The Bertz CT molecular complexity index is 1070. The smallest absolute Gasteiger partial charge is 0.157 e. The lowest BCUT2D eigenvalue weighted by atomic mass is 10.0. The van der Waals surface area contributed by atoms with Gasteiger partial charge in [-0.3, -0.25) is 0 Å². The van der Waals surface area contributed by atoms with Crippen LogP contribution in [0.15, 0.2) is 60.7 Å². The average Bonchev–Trinajstić information content (AvgIpc) is 2.67. The van der Waals surface area contributed by atoms with Crippen LogP contribution in [0.1, 0.15) is 16.7 Å². The van der Waals surface area contributed by atoms with Crippen molar-refractivity contribution in [3.05, 3.63) is 99.0 Å². The van der Waals surface area contributed by atoms with Crippen molar-refractivity contribution in [3.63, 3.8) is 0 Å². The van der Waals surface area contributed by atoms with Crippen LogP contribution in [0.5, 0.6) is 5.75 Å². The first-order chi connectivity index (χ1) is 13.5. The van der Waals surface area contributed by atoms with Gasteiger partial charge >= 0.3 is 0 Å². The zero-order valence-electron chi connectivity index (χ0n) is 14.4. The fraction of sp³-hybridized carbons (Fsp3) is 0.0455. The van der Waals surface area contributed by atoms with Gasteiger partial charge in [0, 0.05) is 11.1 Å². The largest absolute Gasteiger partial charge is 0.486 e. The molecule has 0 bridgehead atoms. The van der Waals surface area contributed by atoms with Crippen molar-refractivity contribution < 1.29 is 13.5 Å². The zero-order chi connectivity index (χ0) is 20.1. The molecular weight excluding hydrogens is 403 g/mol. The third kappa shape index (κ3) is 4.51. The predicted molar refractivity (Wildman–Crippen MR) is 107 cm³/mol. The number of hydrogen-bond donors (Lipinski definition) is 0. The van der Waals surface area contributed by atoms with Crippen molar-refractivity contribution in [1.29, 1.82) is 5.26 Å². The molecule has 0 aliphatic heterocycles. The number of nitrogens with zero attached hydrogens (tertiary/aromatic N) is 1. The van der Waals surface area contributed by atoms with Crippen LogP contribution in [-0.2, 0) is 6.61 Å². The Kier molecular flexibility index (Phi) is 6.30. The molecule has 0 amide bonds. The van der Waals surface area contributed by atoms with E-state index in [0.717, 1.165) is 0 Å². The van der Waals surface area contributed by atoms with Crippen molar-refractivity contribution in [2.24, 2.45) is 0 Å². The van der Waals surface area contributed by atoms with Gasteiger partial charge in [-0.05, 0) is 35.9 Å². The van der Waals surface area contributed by atoms with Crippen molar-refractivity contribution in [1.82, 2.24) is 0 Å². The Hall–Kier alpha value is -2.87. The molecule has 0 saturated heterocycles. The molecular formula is C22H13Cl2F2NO. The summed E-state index contributed by atoms with van der Waals surface area (Å²) < 4.78 is 33.2. The molecule has 0 aliphatic carbocycles. The summed E-state index contributed by atoms with van der Waals surface area (Å²) in [4.78, 5) is 0. The summed E-state index contributed by atoms with van der Waals surface area (Å²) in [5.74, 6) is -0.691. The van der Waals surface area contributed by atoms with Crippen LogP contribution in [0.25, 0.3) is 11.6 Å². The third-order valence-electron chi connectivity index (χ3n) is 3.95. The second-order valence-electron chi connectivity index (χ2n) is 5.84. The summed E-state index contributed by atoms with van der Waals surface area (Å²) in [5, 5.41) is 9.77. The number of rotatable bonds is 5. The molecule has 6 heteroatoms. The highest BCUT2D eigenvalue weighted by molar-refractivity contribution is 6.37. The molecule has 3 rings (SSSR count). The molecule has 140 valence electrons. The molecule has 2 nitrogen and oxygen atoms in total. The predicted octanol–water partition coefficient (Wildman–Crippen LogP) is 6.91. The van der Waals surface area contributed by atoms with E-state index in [4.69, 9.17) is 27.9 Å². The highest BCUT2D eigenvalue weighted by Crippen LogP contribution is 2.36. The molecule has 0 aromatic heterocycles. The highest BCUT2D eigenvalue weighted by Gasteiger charge is 2.12. The summed E-state index contributed by atoms with van der Waals surface area (Å²) >= 11 is 12.5. The van der Waals surface area contributed by atoms with E-state index in [0.29, 0.717) is 11.1 Å². The lowest BCUT2D eigenvalue weighted by molar-refractivity contribution is 0.300. The average molecular weight is 416 g/mol. The van der Waals surface area contributed by atoms with Gasteiger partial charge in [-0.2, -0.15) is 5.26 Å². The number of benzene rings is 3. The van der Waals surface area contributed by atoms with E-state index in [1.807, 2.05) is 6.07 Å². The second kappa shape index (κ2) is 8.88. The van der Waals surface area contributed by atoms with Crippen molar-refractivity contribution in [3.8, 4) is 11.8 Å². The minimum atomic E-state index is -0.502. The summed E-state index contributed by atoms with van der Waals surface area (Å²) in [5.41, 5.74) is 1.18. The molecule has 0 saturated carbocycles. The van der Waals surface area contributed by atoms with Crippen LogP contribution >= 0.6 is 23.2 Å². The van der Waals surface area contributed by atoms with Gasteiger partial charge in [-0.1, -0.05) is 59.6 Å². The van der Waals surface area contributed by atoms with E-state index in [1.165, 1.54) is 24.3 Å². The number of halogens is 4. The fourth-order valence-electron chi connectivity index (χ4n) is 2.58. The van der Waals surface area contributed by atoms with Crippen molar-refractivity contribution >= 4 is 34.9 Å². The lowest BCUT2D eigenvalue weighted by Crippen LogP contribution is -1.99. The summed E-state index contributed by atoms with van der Waals surface area (Å²) in [6.07, 6.45) is 1.48. The molecule has 3 aromatic carbocycles. The maximum absolute atomic E-state index is 14.0. The van der Waals surface area contributed by atoms with Gasteiger partial charge in [0.1, 0.15) is 18.2 Å². The lowest BCUT2D eigenvalue weighted by Gasteiger charge is -2.12. The minimum absolute atomic E-state index is 0.0417. The molecule has 0 unspecified atom stereocenters. The van der Waals surface area contributed by atoms with Crippen molar-refractivity contribution in [2.45, 2.75) is 6.61 Å². The van der Waals surface area contributed by atoms with E-state index >= 15 is 0 Å². The summed E-state index contributed by atoms with van der Waals surface area (Å²) in [7, 11) is 0. The third-order valence-corrected chi connectivity index (χ3v) is 4.51. The Morgan fingerprint density at radius 2 is 1.57 bits per heavy atom. The Labute approximate surface area is 171 Å². The highest BCUT2D eigenvalue weighted by atomic mass is 35.5. The quantitative estimate of drug-likeness (QED) is 0.334. The van der Waals surface area contributed by atoms with Gasteiger partial charge in [-0.25, -0.2) is 8.78 Å². The molecule has 28 heavy (non-hydrogen) atoms. The summed E-state index contributed by atoms with van der Waals surface area (Å²) in [6, 6.07) is 17.3. The number of hydrogen-bond acceptors (Lipinski definition) is 2. The van der Waals surface area contributed by atoms with E-state index < -0.39 is 11.6 Å². The molecule has 0 fully saturated rings. The van der Waals surface area contributed by atoms with E-state index in [-0.39, 0.29) is 33.5 Å². The molecule has 0 atom stereocenters.